The van der Waals surface area contributed by atoms with Crippen LogP contribution in [0, 0.1) is 23.7 Å². The Hall–Kier alpha value is -1.06. The molecule has 3 atom stereocenters. The summed E-state index contributed by atoms with van der Waals surface area (Å²) in [5, 5.41) is 9.28. The first-order valence-corrected chi connectivity index (χ1v) is 7.34. The van der Waals surface area contributed by atoms with Crippen LogP contribution in [-0.2, 0) is 9.59 Å². The van der Waals surface area contributed by atoms with Crippen LogP contribution < -0.4 is 0 Å². The summed E-state index contributed by atoms with van der Waals surface area (Å²) >= 11 is 0. The molecule has 0 aromatic rings. The van der Waals surface area contributed by atoms with Crippen molar-refractivity contribution in [3.05, 3.63) is 0 Å². The van der Waals surface area contributed by atoms with E-state index in [4.69, 9.17) is 0 Å². The summed E-state index contributed by atoms with van der Waals surface area (Å²) in [7, 11) is 1.79. The molecule has 0 spiro atoms. The van der Waals surface area contributed by atoms with Crippen LogP contribution >= 0.6 is 0 Å². The lowest BCUT2D eigenvalue weighted by molar-refractivity contribution is -0.148. The number of rotatable bonds is 6. The van der Waals surface area contributed by atoms with Gasteiger partial charge >= 0.3 is 5.97 Å². The lowest BCUT2D eigenvalue weighted by Crippen LogP contribution is -2.37. The van der Waals surface area contributed by atoms with Gasteiger partial charge in [0.15, 0.2) is 0 Å². The smallest absolute Gasteiger partial charge is 0.307 e. The highest BCUT2D eigenvalue weighted by molar-refractivity contribution is 5.85. The van der Waals surface area contributed by atoms with Crippen LogP contribution in [0.1, 0.15) is 46.5 Å². The molecule has 1 fully saturated rings. The molecule has 0 bridgehead atoms. The second-order valence-electron chi connectivity index (χ2n) is 6.24. The second kappa shape index (κ2) is 6.92. The van der Waals surface area contributed by atoms with Gasteiger partial charge in [0.25, 0.3) is 0 Å². The molecule has 0 radical (unpaired) electrons. The Kier molecular flexibility index (Phi) is 5.83. The largest absolute Gasteiger partial charge is 0.481 e. The molecular weight excluding hydrogens is 242 g/mol. The van der Waals surface area contributed by atoms with Crippen LogP contribution in [0.25, 0.3) is 0 Å². The van der Waals surface area contributed by atoms with E-state index in [0.717, 1.165) is 25.8 Å². The molecule has 4 nitrogen and oxygen atoms in total. The van der Waals surface area contributed by atoms with Gasteiger partial charge in [-0.15, -0.1) is 0 Å². The van der Waals surface area contributed by atoms with Crippen molar-refractivity contribution in [2.75, 3.05) is 13.6 Å². The molecule has 1 rings (SSSR count). The van der Waals surface area contributed by atoms with Gasteiger partial charge in [0.1, 0.15) is 0 Å². The molecule has 0 heterocycles. The normalized spacial score (nSPS) is 26.7. The highest BCUT2D eigenvalue weighted by atomic mass is 16.4. The maximum absolute atomic E-state index is 12.4. The minimum atomic E-state index is -0.813. The van der Waals surface area contributed by atoms with E-state index >= 15 is 0 Å². The van der Waals surface area contributed by atoms with E-state index in [9.17, 15) is 14.7 Å². The van der Waals surface area contributed by atoms with Crippen molar-refractivity contribution in [1.29, 1.82) is 0 Å². The third-order valence-electron chi connectivity index (χ3n) is 4.29. The molecule has 1 saturated carbocycles. The van der Waals surface area contributed by atoms with Gasteiger partial charge < -0.3 is 10.0 Å². The molecule has 1 amide bonds. The van der Waals surface area contributed by atoms with Crippen LogP contribution in [0.4, 0.5) is 0 Å². The molecule has 0 saturated heterocycles. The number of hydrogen-bond donors (Lipinski definition) is 1. The molecular formula is C15H27NO3. The van der Waals surface area contributed by atoms with Crippen molar-refractivity contribution in [1.82, 2.24) is 4.90 Å². The Morgan fingerprint density at radius 3 is 2.32 bits per heavy atom. The second-order valence-corrected chi connectivity index (χ2v) is 6.24. The predicted molar refractivity (Wildman–Crippen MR) is 74.7 cm³/mol. The van der Waals surface area contributed by atoms with Gasteiger partial charge in [-0.3, -0.25) is 9.59 Å². The standard InChI is InChI=1S/C15H27NO3/c1-5-11-8-12(13(9-11)15(18)19)14(17)16(4)7-6-10(2)3/h10-13H,5-9H2,1-4H3,(H,18,19). The zero-order chi connectivity index (χ0) is 14.6. The lowest BCUT2D eigenvalue weighted by Gasteiger charge is -2.24. The third-order valence-corrected chi connectivity index (χ3v) is 4.29. The maximum atomic E-state index is 12.4. The summed E-state index contributed by atoms with van der Waals surface area (Å²) in [6, 6.07) is 0. The van der Waals surface area contributed by atoms with Crippen molar-refractivity contribution < 1.29 is 14.7 Å². The fraction of sp³-hybridized carbons (Fsp3) is 0.867. The highest BCUT2D eigenvalue weighted by Gasteiger charge is 2.42. The van der Waals surface area contributed by atoms with Gasteiger partial charge in [0, 0.05) is 13.6 Å². The molecule has 110 valence electrons. The van der Waals surface area contributed by atoms with Crippen molar-refractivity contribution in [2.24, 2.45) is 23.7 Å². The summed E-state index contributed by atoms with van der Waals surface area (Å²) in [6.07, 6.45) is 3.31. The summed E-state index contributed by atoms with van der Waals surface area (Å²) in [5.74, 6) is -0.667. The number of carbonyl (C=O) groups excluding carboxylic acids is 1. The van der Waals surface area contributed by atoms with Gasteiger partial charge in [-0.1, -0.05) is 27.2 Å². The van der Waals surface area contributed by atoms with Gasteiger partial charge in [0.05, 0.1) is 11.8 Å². The summed E-state index contributed by atoms with van der Waals surface area (Å²) in [4.78, 5) is 25.4. The lowest BCUT2D eigenvalue weighted by atomic mass is 9.94. The Labute approximate surface area is 116 Å². The minimum Gasteiger partial charge on any atom is -0.481 e. The molecule has 3 unspecified atom stereocenters. The zero-order valence-corrected chi connectivity index (χ0v) is 12.6. The number of carboxylic acid groups (broad SMARTS) is 1. The Morgan fingerprint density at radius 2 is 1.84 bits per heavy atom. The molecule has 1 aliphatic carbocycles. The van der Waals surface area contributed by atoms with E-state index in [1.54, 1.807) is 11.9 Å². The summed E-state index contributed by atoms with van der Waals surface area (Å²) in [6.45, 7) is 7.04. The van der Waals surface area contributed by atoms with E-state index < -0.39 is 11.9 Å². The SMILES string of the molecule is CCC1CC(C(=O)O)C(C(=O)N(C)CCC(C)C)C1. The van der Waals surface area contributed by atoms with Crippen molar-refractivity contribution >= 4 is 11.9 Å². The van der Waals surface area contributed by atoms with Gasteiger partial charge in [-0.05, 0) is 31.1 Å². The topological polar surface area (TPSA) is 57.6 Å². The van der Waals surface area contributed by atoms with Gasteiger partial charge in [-0.2, -0.15) is 0 Å². The van der Waals surface area contributed by atoms with E-state index in [0.29, 0.717) is 18.3 Å². The van der Waals surface area contributed by atoms with E-state index in [1.807, 2.05) is 0 Å². The molecule has 0 aromatic carbocycles. The first kappa shape index (κ1) is 16.0. The molecule has 19 heavy (non-hydrogen) atoms. The average Bonchev–Trinajstić information content (AvgIpc) is 2.79. The number of nitrogens with zero attached hydrogens (tertiary/aromatic N) is 1. The molecule has 0 aliphatic heterocycles. The van der Waals surface area contributed by atoms with Crippen molar-refractivity contribution in [3.8, 4) is 0 Å². The third kappa shape index (κ3) is 4.22. The molecule has 1 aliphatic rings. The predicted octanol–water partition coefficient (Wildman–Crippen LogP) is 2.63. The molecule has 0 aromatic heterocycles. The van der Waals surface area contributed by atoms with E-state index in [1.165, 1.54) is 0 Å². The van der Waals surface area contributed by atoms with Crippen molar-refractivity contribution in [2.45, 2.75) is 46.5 Å². The maximum Gasteiger partial charge on any atom is 0.307 e. The molecule has 1 N–H and O–H groups in total. The number of hydrogen-bond acceptors (Lipinski definition) is 2. The quantitative estimate of drug-likeness (QED) is 0.806. The van der Waals surface area contributed by atoms with Crippen LogP contribution in [-0.4, -0.2) is 35.5 Å². The Morgan fingerprint density at radius 1 is 1.26 bits per heavy atom. The monoisotopic (exact) mass is 269 g/mol. The zero-order valence-electron chi connectivity index (χ0n) is 12.6. The number of aliphatic carboxylic acids is 1. The Balaban J connectivity index is 2.65. The highest BCUT2D eigenvalue weighted by Crippen LogP contribution is 2.39. The van der Waals surface area contributed by atoms with E-state index in [-0.39, 0.29) is 11.8 Å². The Bertz CT molecular complexity index is 327. The van der Waals surface area contributed by atoms with Crippen LogP contribution in [0.15, 0.2) is 0 Å². The fourth-order valence-corrected chi connectivity index (χ4v) is 2.87. The van der Waals surface area contributed by atoms with Gasteiger partial charge in [-0.25, -0.2) is 0 Å². The first-order valence-electron chi connectivity index (χ1n) is 7.34. The number of carboxylic acids is 1. The first-order chi connectivity index (χ1) is 8.86. The molecule has 4 heteroatoms. The van der Waals surface area contributed by atoms with Crippen LogP contribution in [0.3, 0.4) is 0 Å². The fourth-order valence-electron chi connectivity index (χ4n) is 2.87. The van der Waals surface area contributed by atoms with Crippen LogP contribution in [0.2, 0.25) is 0 Å². The number of carbonyl (C=O) groups is 2. The average molecular weight is 269 g/mol. The minimum absolute atomic E-state index is 0.0176. The van der Waals surface area contributed by atoms with Crippen molar-refractivity contribution in [3.63, 3.8) is 0 Å². The summed E-state index contributed by atoms with van der Waals surface area (Å²) < 4.78 is 0. The van der Waals surface area contributed by atoms with E-state index in [2.05, 4.69) is 20.8 Å². The van der Waals surface area contributed by atoms with Gasteiger partial charge in [0.2, 0.25) is 5.91 Å². The number of amides is 1. The summed E-state index contributed by atoms with van der Waals surface area (Å²) in [5.41, 5.74) is 0. The van der Waals surface area contributed by atoms with Crippen LogP contribution in [0.5, 0.6) is 0 Å².